The first kappa shape index (κ1) is 13.6. The number of hydrogen-bond donors (Lipinski definition) is 1. The van der Waals surface area contributed by atoms with E-state index in [1.54, 1.807) is 0 Å². The maximum atomic E-state index is 12.6. The number of nitrogens with zero attached hydrogens (tertiary/aromatic N) is 1. The molecule has 0 aromatic heterocycles. The van der Waals surface area contributed by atoms with Crippen molar-refractivity contribution >= 4 is 5.91 Å². The molecule has 2 heterocycles. The van der Waals surface area contributed by atoms with Crippen LogP contribution in [0.2, 0.25) is 0 Å². The van der Waals surface area contributed by atoms with Crippen LogP contribution in [0.25, 0.3) is 0 Å². The lowest BCUT2D eigenvalue weighted by atomic mass is 9.93. The Morgan fingerprint density at radius 2 is 2.15 bits per heavy atom. The van der Waals surface area contributed by atoms with Crippen LogP contribution in [0, 0.1) is 0 Å². The van der Waals surface area contributed by atoms with Crippen LogP contribution >= 0.6 is 0 Å². The van der Waals surface area contributed by atoms with Gasteiger partial charge in [0.2, 0.25) is 5.91 Å². The summed E-state index contributed by atoms with van der Waals surface area (Å²) in [6.07, 6.45) is 1.05. The van der Waals surface area contributed by atoms with Gasteiger partial charge in [-0.3, -0.25) is 4.79 Å². The van der Waals surface area contributed by atoms with Crippen molar-refractivity contribution in [3.8, 4) is 0 Å². The number of nitrogens with one attached hydrogen (secondary N) is 1. The first-order valence-electron chi connectivity index (χ1n) is 7.44. The molecule has 0 radical (unpaired) electrons. The molecule has 0 saturated carbocycles. The minimum Gasteiger partial charge on any atom is -0.378 e. The molecule has 2 aliphatic rings. The van der Waals surface area contributed by atoms with Crippen LogP contribution in [-0.4, -0.2) is 49.2 Å². The molecule has 2 aliphatic heterocycles. The zero-order valence-electron chi connectivity index (χ0n) is 11.9. The average Bonchev–Trinajstić information content (AvgIpc) is 2.90. The molecule has 2 saturated heterocycles. The van der Waals surface area contributed by atoms with Crippen molar-refractivity contribution in [2.24, 2.45) is 0 Å². The number of ether oxygens (including phenoxy) is 1. The van der Waals surface area contributed by atoms with Crippen molar-refractivity contribution in [2.75, 3.05) is 26.3 Å². The second-order valence-electron chi connectivity index (χ2n) is 5.66. The van der Waals surface area contributed by atoms with Crippen molar-refractivity contribution < 1.29 is 9.53 Å². The Bertz CT molecular complexity index is 457. The molecule has 0 bridgehead atoms. The topological polar surface area (TPSA) is 41.6 Å². The molecular formula is C16H22N2O2. The van der Waals surface area contributed by atoms with E-state index in [1.807, 2.05) is 11.0 Å². The summed E-state index contributed by atoms with van der Waals surface area (Å²) in [5.41, 5.74) is 1.34. The highest BCUT2D eigenvalue weighted by atomic mass is 16.5. The Morgan fingerprint density at radius 1 is 1.35 bits per heavy atom. The predicted molar refractivity (Wildman–Crippen MR) is 77.6 cm³/mol. The minimum atomic E-state index is -0.166. The van der Waals surface area contributed by atoms with E-state index in [0.29, 0.717) is 19.1 Å². The van der Waals surface area contributed by atoms with Crippen LogP contribution in [-0.2, 0) is 9.53 Å². The van der Waals surface area contributed by atoms with Crippen LogP contribution < -0.4 is 5.32 Å². The maximum absolute atomic E-state index is 12.6. The third kappa shape index (κ3) is 2.58. The van der Waals surface area contributed by atoms with Crippen molar-refractivity contribution in [1.29, 1.82) is 0 Å². The standard InChI is InChI=1S/C16H22N2O2/c1-12-14(13-5-3-2-4-6-13)7-9-18(12)16(19)15-11-20-10-8-17-15/h2-6,12,14-15,17H,7-11H2,1H3. The van der Waals surface area contributed by atoms with E-state index in [4.69, 9.17) is 4.74 Å². The molecule has 3 unspecified atom stereocenters. The molecule has 1 N–H and O–H groups in total. The summed E-state index contributed by atoms with van der Waals surface area (Å²) in [5.74, 6) is 0.639. The molecule has 4 nitrogen and oxygen atoms in total. The fraction of sp³-hybridized carbons (Fsp3) is 0.562. The highest BCUT2D eigenvalue weighted by Crippen LogP contribution is 2.33. The number of carbonyl (C=O) groups is 1. The molecular weight excluding hydrogens is 252 g/mol. The second-order valence-corrected chi connectivity index (χ2v) is 5.66. The Balaban J connectivity index is 1.69. The van der Waals surface area contributed by atoms with Gasteiger partial charge in [-0.2, -0.15) is 0 Å². The summed E-state index contributed by atoms with van der Waals surface area (Å²) in [6.45, 7) is 4.97. The minimum absolute atomic E-state index is 0.166. The normalized spacial score (nSPS) is 30.4. The molecule has 1 aromatic rings. The number of benzene rings is 1. The van der Waals surface area contributed by atoms with Crippen LogP contribution in [0.3, 0.4) is 0 Å². The smallest absolute Gasteiger partial charge is 0.242 e. The number of hydrogen-bond acceptors (Lipinski definition) is 3. The quantitative estimate of drug-likeness (QED) is 0.886. The SMILES string of the molecule is CC1C(c2ccccc2)CCN1C(=O)C1COCCN1. The Morgan fingerprint density at radius 3 is 2.85 bits per heavy atom. The van der Waals surface area contributed by atoms with Gasteiger partial charge < -0.3 is 15.0 Å². The van der Waals surface area contributed by atoms with Gasteiger partial charge in [0, 0.05) is 25.0 Å². The number of carbonyl (C=O) groups excluding carboxylic acids is 1. The molecule has 1 amide bonds. The van der Waals surface area contributed by atoms with E-state index >= 15 is 0 Å². The molecule has 108 valence electrons. The van der Waals surface area contributed by atoms with Crippen LogP contribution in [0.15, 0.2) is 30.3 Å². The average molecular weight is 274 g/mol. The van der Waals surface area contributed by atoms with Crippen molar-refractivity contribution in [3.63, 3.8) is 0 Å². The van der Waals surface area contributed by atoms with Gasteiger partial charge in [0.15, 0.2) is 0 Å². The summed E-state index contributed by atoms with van der Waals surface area (Å²) >= 11 is 0. The molecule has 20 heavy (non-hydrogen) atoms. The summed E-state index contributed by atoms with van der Waals surface area (Å²) in [5, 5.41) is 3.25. The van der Waals surface area contributed by atoms with Crippen LogP contribution in [0.4, 0.5) is 0 Å². The van der Waals surface area contributed by atoms with Gasteiger partial charge >= 0.3 is 0 Å². The second kappa shape index (κ2) is 5.94. The van der Waals surface area contributed by atoms with Crippen LogP contribution in [0.5, 0.6) is 0 Å². The number of amides is 1. The van der Waals surface area contributed by atoms with Crippen molar-refractivity contribution in [3.05, 3.63) is 35.9 Å². The maximum Gasteiger partial charge on any atom is 0.242 e. The lowest BCUT2D eigenvalue weighted by Crippen LogP contribution is -2.53. The van der Waals surface area contributed by atoms with Gasteiger partial charge in [-0.25, -0.2) is 0 Å². The number of morpholine rings is 1. The summed E-state index contributed by atoms with van der Waals surface area (Å²) in [7, 11) is 0. The first-order valence-corrected chi connectivity index (χ1v) is 7.44. The first-order chi connectivity index (χ1) is 9.77. The zero-order valence-corrected chi connectivity index (χ0v) is 11.9. The predicted octanol–water partition coefficient (Wildman–Crippen LogP) is 1.38. The molecule has 1 aromatic carbocycles. The van der Waals surface area contributed by atoms with E-state index in [-0.39, 0.29) is 18.0 Å². The highest BCUT2D eigenvalue weighted by Gasteiger charge is 2.37. The van der Waals surface area contributed by atoms with E-state index in [9.17, 15) is 4.79 Å². The monoisotopic (exact) mass is 274 g/mol. The molecule has 3 atom stereocenters. The third-order valence-corrected chi connectivity index (χ3v) is 4.49. The molecule has 2 fully saturated rings. The Hall–Kier alpha value is -1.39. The summed E-state index contributed by atoms with van der Waals surface area (Å²) in [6, 6.07) is 10.6. The Kier molecular flexibility index (Phi) is 4.03. The largest absolute Gasteiger partial charge is 0.378 e. The summed E-state index contributed by atoms with van der Waals surface area (Å²) < 4.78 is 5.40. The van der Waals surface area contributed by atoms with Gasteiger partial charge in [-0.1, -0.05) is 30.3 Å². The van der Waals surface area contributed by atoms with E-state index in [1.165, 1.54) is 5.56 Å². The molecule has 0 spiro atoms. The number of rotatable bonds is 2. The van der Waals surface area contributed by atoms with E-state index in [2.05, 4.69) is 36.5 Å². The van der Waals surface area contributed by atoms with Gasteiger partial charge in [0.1, 0.15) is 6.04 Å². The third-order valence-electron chi connectivity index (χ3n) is 4.49. The van der Waals surface area contributed by atoms with E-state index < -0.39 is 0 Å². The molecule has 0 aliphatic carbocycles. The van der Waals surface area contributed by atoms with Gasteiger partial charge in [0.25, 0.3) is 0 Å². The van der Waals surface area contributed by atoms with E-state index in [0.717, 1.165) is 19.5 Å². The van der Waals surface area contributed by atoms with Gasteiger partial charge in [0.05, 0.1) is 13.2 Å². The van der Waals surface area contributed by atoms with Gasteiger partial charge in [-0.15, -0.1) is 0 Å². The fourth-order valence-electron chi connectivity index (χ4n) is 3.32. The Labute approximate surface area is 120 Å². The van der Waals surface area contributed by atoms with Crippen molar-refractivity contribution in [2.45, 2.75) is 31.3 Å². The molecule has 4 heteroatoms. The molecule has 3 rings (SSSR count). The van der Waals surface area contributed by atoms with Crippen LogP contribution in [0.1, 0.15) is 24.8 Å². The highest BCUT2D eigenvalue weighted by molar-refractivity contribution is 5.83. The zero-order chi connectivity index (χ0) is 13.9. The van der Waals surface area contributed by atoms with Crippen molar-refractivity contribution in [1.82, 2.24) is 10.2 Å². The summed E-state index contributed by atoms with van der Waals surface area (Å²) in [4.78, 5) is 14.6. The van der Waals surface area contributed by atoms with Gasteiger partial charge in [-0.05, 0) is 18.9 Å². The lowest BCUT2D eigenvalue weighted by Gasteiger charge is -2.31. The lowest BCUT2D eigenvalue weighted by molar-refractivity contribution is -0.137. The number of likely N-dealkylation sites (tertiary alicyclic amines) is 1. The fourth-order valence-corrected chi connectivity index (χ4v) is 3.32.